The van der Waals surface area contributed by atoms with Crippen LogP contribution in [0.25, 0.3) is 0 Å². The van der Waals surface area contributed by atoms with Crippen molar-refractivity contribution in [2.24, 2.45) is 4.99 Å². The number of amides is 1. The summed E-state index contributed by atoms with van der Waals surface area (Å²) in [6.07, 6.45) is 2.91. The third-order valence-electron chi connectivity index (χ3n) is 4.94. The molecular formula is C24H33IN4O3. The van der Waals surface area contributed by atoms with Gasteiger partial charge in [-0.2, -0.15) is 0 Å². The van der Waals surface area contributed by atoms with Gasteiger partial charge in [0.05, 0.1) is 6.54 Å². The summed E-state index contributed by atoms with van der Waals surface area (Å²) in [5.41, 5.74) is 2.91. The Morgan fingerprint density at radius 1 is 0.938 bits per heavy atom. The minimum Gasteiger partial charge on any atom is -0.454 e. The molecule has 0 saturated heterocycles. The van der Waals surface area contributed by atoms with Crippen molar-refractivity contribution in [3.63, 3.8) is 0 Å². The molecule has 0 saturated carbocycles. The van der Waals surface area contributed by atoms with Crippen molar-refractivity contribution in [1.29, 1.82) is 0 Å². The summed E-state index contributed by atoms with van der Waals surface area (Å²) in [7, 11) is 0. The monoisotopic (exact) mass is 552 g/mol. The van der Waals surface area contributed by atoms with E-state index in [4.69, 9.17) is 9.47 Å². The first-order chi connectivity index (χ1) is 15.2. The molecule has 0 fully saturated rings. The number of aliphatic imine (C=N–C) groups is 1. The minimum absolute atomic E-state index is 0. The molecule has 0 aromatic heterocycles. The van der Waals surface area contributed by atoms with Crippen LogP contribution >= 0.6 is 24.0 Å². The van der Waals surface area contributed by atoms with E-state index in [-0.39, 0.29) is 29.9 Å². The largest absolute Gasteiger partial charge is 0.454 e. The number of unbranched alkanes of at least 4 members (excludes halogenated alkanes) is 1. The van der Waals surface area contributed by atoms with E-state index in [1.165, 1.54) is 5.56 Å². The molecule has 0 radical (unpaired) electrons. The first-order valence-corrected chi connectivity index (χ1v) is 11.0. The Hall–Kier alpha value is -2.49. The highest BCUT2D eigenvalue weighted by atomic mass is 127. The van der Waals surface area contributed by atoms with Gasteiger partial charge in [-0.15, -0.1) is 24.0 Å². The third-order valence-corrected chi connectivity index (χ3v) is 4.94. The fourth-order valence-electron chi connectivity index (χ4n) is 3.18. The number of carbonyl (C=O) groups excluding carboxylic acids is 1. The fourth-order valence-corrected chi connectivity index (χ4v) is 3.18. The predicted octanol–water partition coefficient (Wildman–Crippen LogP) is 3.86. The van der Waals surface area contributed by atoms with Gasteiger partial charge in [-0.05, 0) is 55.2 Å². The first-order valence-electron chi connectivity index (χ1n) is 11.0. The summed E-state index contributed by atoms with van der Waals surface area (Å²) in [4.78, 5) is 16.8. The van der Waals surface area contributed by atoms with Crippen molar-refractivity contribution in [2.75, 3.05) is 26.4 Å². The molecule has 1 aliphatic heterocycles. The topological polar surface area (TPSA) is 84.0 Å². The Kier molecular flexibility index (Phi) is 11.1. The second-order valence-electron chi connectivity index (χ2n) is 7.37. The van der Waals surface area contributed by atoms with Gasteiger partial charge in [0.15, 0.2) is 17.5 Å². The lowest BCUT2D eigenvalue weighted by Crippen LogP contribution is -2.38. The van der Waals surface area contributed by atoms with Crippen LogP contribution in [0.4, 0.5) is 0 Å². The number of guanidine groups is 1. The highest BCUT2D eigenvalue weighted by Gasteiger charge is 2.13. The predicted molar refractivity (Wildman–Crippen MR) is 138 cm³/mol. The summed E-state index contributed by atoms with van der Waals surface area (Å²) in [6.45, 7) is 7.23. The van der Waals surface area contributed by atoms with Crippen molar-refractivity contribution in [3.05, 3.63) is 59.2 Å². The van der Waals surface area contributed by atoms with Crippen LogP contribution in [0.2, 0.25) is 0 Å². The highest BCUT2D eigenvalue weighted by molar-refractivity contribution is 14.0. The van der Waals surface area contributed by atoms with Gasteiger partial charge in [0.2, 0.25) is 6.79 Å². The Morgan fingerprint density at radius 3 is 2.44 bits per heavy atom. The van der Waals surface area contributed by atoms with E-state index in [2.05, 4.69) is 33.9 Å². The smallest absolute Gasteiger partial charge is 0.251 e. The fraction of sp³-hybridized carbons (Fsp3) is 0.417. The molecule has 1 amide bonds. The van der Waals surface area contributed by atoms with Gasteiger partial charge in [0.25, 0.3) is 5.91 Å². The Morgan fingerprint density at radius 2 is 1.69 bits per heavy atom. The van der Waals surface area contributed by atoms with Crippen molar-refractivity contribution < 1.29 is 14.3 Å². The van der Waals surface area contributed by atoms with E-state index in [1.807, 2.05) is 43.3 Å². The highest BCUT2D eigenvalue weighted by Crippen LogP contribution is 2.32. The lowest BCUT2D eigenvalue weighted by molar-refractivity contribution is 0.0953. The summed E-state index contributed by atoms with van der Waals surface area (Å²) in [5, 5.41) is 9.57. The van der Waals surface area contributed by atoms with Crippen molar-refractivity contribution in [1.82, 2.24) is 16.0 Å². The lowest BCUT2D eigenvalue weighted by atomic mass is 10.1. The van der Waals surface area contributed by atoms with E-state index < -0.39 is 0 Å². The van der Waals surface area contributed by atoms with Crippen LogP contribution in [0.1, 0.15) is 48.2 Å². The number of ether oxygens (including phenoxy) is 2. The summed E-state index contributed by atoms with van der Waals surface area (Å²) in [6, 6.07) is 13.6. The number of hydrogen-bond acceptors (Lipinski definition) is 4. The molecule has 0 bridgehead atoms. The van der Waals surface area contributed by atoms with Crippen molar-refractivity contribution >= 4 is 35.8 Å². The number of carbonyl (C=O) groups is 1. The van der Waals surface area contributed by atoms with E-state index in [9.17, 15) is 4.79 Å². The second-order valence-corrected chi connectivity index (χ2v) is 7.37. The van der Waals surface area contributed by atoms with Gasteiger partial charge < -0.3 is 25.4 Å². The van der Waals surface area contributed by atoms with E-state index >= 15 is 0 Å². The van der Waals surface area contributed by atoms with Crippen LogP contribution in [0, 0.1) is 0 Å². The van der Waals surface area contributed by atoms with Crippen LogP contribution in [0.15, 0.2) is 47.5 Å². The molecule has 2 aromatic rings. The number of rotatable bonds is 10. The van der Waals surface area contributed by atoms with Gasteiger partial charge in [0.1, 0.15) is 0 Å². The number of benzene rings is 2. The third kappa shape index (κ3) is 7.89. The van der Waals surface area contributed by atoms with Crippen LogP contribution in [0.3, 0.4) is 0 Å². The number of hydrogen-bond donors (Lipinski definition) is 3. The van der Waals surface area contributed by atoms with E-state index in [0.717, 1.165) is 55.4 Å². The maximum atomic E-state index is 12.1. The van der Waals surface area contributed by atoms with Crippen molar-refractivity contribution in [2.45, 2.75) is 39.7 Å². The van der Waals surface area contributed by atoms with Crippen LogP contribution in [-0.4, -0.2) is 38.3 Å². The van der Waals surface area contributed by atoms with Gasteiger partial charge >= 0.3 is 0 Å². The molecule has 32 heavy (non-hydrogen) atoms. The number of nitrogens with one attached hydrogen (secondary N) is 3. The van der Waals surface area contributed by atoms with Crippen LogP contribution in [-0.2, 0) is 13.0 Å². The zero-order chi connectivity index (χ0) is 21.9. The molecule has 3 rings (SSSR count). The normalized spacial score (nSPS) is 12.1. The SMILES string of the molecule is CCCCNC(=O)c1ccc(CN=C(NCC)NCCc2ccc3c(c2)OCO3)cc1.I. The molecule has 8 heteroatoms. The Bertz CT molecular complexity index is 887. The lowest BCUT2D eigenvalue weighted by Gasteiger charge is -2.12. The zero-order valence-corrected chi connectivity index (χ0v) is 21.1. The first kappa shape index (κ1) is 25.8. The van der Waals surface area contributed by atoms with E-state index in [0.29, 0.717) is 25.4 Å². The molecule has 0 spiro atoms. The average Bonchev–Trinajstić information content (AvgIpc) is 3.26. The molecule has 174 valence electrons. The maximum absolute atomic E-state index is 12.1. The molecule has 2 aromatic carbocycles. The average molecular weight is 552 g/mol. The number of fused-ring (bicyclic) bond motifs is 1. The number of nitrogens with zero attached hydrogens (tertiary/aromatic N) is 1. The number of halogens is 1. The summed E-state index contributed by atoms with van der Waals surface area (Å²) >= 11 is 0. The van der Waals surface area contributed by atoms with Crippen LogP contribution in [0.5, 0.6) is 11.5 Å². The molecule has 1 aliphatic rings. The standard InChI is InChI=1S/C24H32N4O3.HI/c1-3-5-13-26-23(29)20-9-6-19(7-10-20)16-28-24(25-4-2)27-14-12-18-8-11-21-22(15-18)31-17-30-21;/h6-11,15H,3-5,12-14,16-17H2,1-2H3,(H,26,29)(H2,25,27,28);1H. The van der Waals surface area contributed by atoms with E-state index in [1.54, 1.807) is 0 Å². The zero-order valence-electron chi connectivity index (χ0n) is 18.8. The Balaban J connectivity index is 0.00000363. The van der Waals surface area contributed by atoms with Gasteiger partial charge in [-0.1, -0.05) is 31.5 Å². The molecule has 3 N–H and O–H groups in total. The van der Waals surface area contributed by atoms with Gasteiger partial charge in [-0.3, -0.25) is 4.79 Å². The van der Waals surface area contributed by atoms with Crippen molar-refractivity contribution in [3.8, 4) is 11.5 Å². The molecule has 7 nitrogen and oxygen atoms in total. The molecule has 1 heterocycles. The molecule has 0 atom stereocenters. The summed E-state index contributed by atoms with van der Waals surface area (Å²) in [5.74, 6) is 2.35. The minimum atomic E-state index is -0.0259. The van der Waals surface area contributed by atoms with Crippen LogP contribution < -0.4 is 25.4 Å². The second kappa shape index (κ2) is 13.8. The Labute approximate surface area is 207 Å². The van der Waals surface area contributed by atoms with Gasteiger partial charge in [0, 0.05) is 25.2 Å². The molecule has 0 unspecified atom stereocenters. The molecular weight excluding hydrogens is 519 g/mol. The quantitative estimate of drug-likeness (QED) is 0.181. The summed E-state index contributed by atoms with van der Waals surface area (Å²) < 4.78 is 10.8. The maximum Gasteiger partial charge on any atom is 0.251 e. The van der Waals surface area contributed by atoms with Gasteiger partial charge in [-0.25, -0.2) is 4.99 Å². The molecule has 0 aliphatic carbocycles.